The van der Waals surface area contributed by atoms with Crippen molar-refractivity contribution in [3.8, 4) is 0 Å². The molecular formula is C15H19N3O2. The van der Waals surface area contributed by atoms with Gasteiger partial charge in [-0.05, 0) is 37.6 Å². The molecular weight excluding hydrogens is 254 g/mol. The Morgan fingerprint density at radius 2 is 2.30 bits per heavy atom. The van der Waals surface area contributed by atoms with Gasteiger partial charge in [0.1, 0.15) is 5.76 Å². The van der Waals surface area contributed by atoms with Gasteiger partial charge in [0.05, 0.1) is 11.8 Å². The average molecular weight is 273 g/mol. The number of carbonyl (C=O) groups is 1. The third-order valence-electron chi connectivity index (χ3n) is 3.10. The quantitative estimate of drug-likeness (QED) is 0.873. The molecule has 0 saturated heterocycles. The number of nitrogens with two attached hydrogens (primary N) is 1. The first-order valence-electron chi connectivity index (χ1n) is 6.64. The minimum Gasteiger partial charge on any atom is -0.469 e. The fourth-order valence-corrected chi connectivity index (χ4v) is 2.02. The average Bonchev–Trinajstić information content (AvgIpc) is 2.90. The molecule has 0 radical (unpaired) electrons. The molecule has 5 nitrogen and oxygen atoms in total. The number of amides is 1. The molecule has 5 heteroatoms. The first-order valence-corrected chi connectivity index (χ1v) is 6.64. The number of hydrogen-bond acceptors (Lipinski definition) is 4. The van der Waals surface area contributed by atoms with E-state index in [-0.39, 0.29) is 5.91 Å². The summed E-state index contributed by atoms with van der Waals surface area (Å²) in [6.45, 7) is 3.49. The molecule has 0 spiro atoms. The number of pyridine rings is 1. The Bertz CT molecular complexity index is 551. The Labute approximate surface area is 118 Å². The smallest absolute Gasteiger partial charge is 0.257 e. The summed E-state index contributed by atoms with van der Waals surface area (Å²) in [7, 11) is 0. The molecule has 0 bridgehead atoms. The van der Waals surface area contributed by atoms with Crippen LogP contribution in [0.15, 0.2) is 41.3 Å². The number of aromatic nitrogens is 1. The van der Waals surface area contributed by atoms with Crippen molar-refractivity contribution in [1.29, 1.82) is 0 Å². The van der Waals surface area contributed by atoms with Crippen molar-refractivity contribution in [2.45, 2.75) is 19.9 Å². The summed E-state index contributed by atoms with van der Waals surface area (Å²) in [6, 6.07) is 5.53. The molecule has 2 aromatic rings. The first kappa shape index (κ1) is 14.3. The van der Waals surface area contributed by atoms with Gasteiger partial charge in [0.25, 0.3) is 5.91 Å². The SMILES string of the molecule is Cc1occc1C(=O)N(CCCN)Cc1cccnc1. The highest BCUT2D eigenvalue weighted by Crippen LogP contribution is 2.14. The predicted octanol–water partition coefficient (Wildman–Crippen LogP) is 1.97. The van der Waals surface area contributed by atoms with Gasteiger partial charge in [-0.2, -0.15) is 0 Å². The van der Waals surface area contributed by atoms with Crippen molar-refractivity contribution < 1.29 is 9.21 Å². The molecule has 1 amide bonds. The lowest BCUT2D eigenvalue weighted by molar-refractivity contribution is 0.0740. The molecule has 0 aliphatic heterocycles. The molecule has 0 aromatic carbocycles. The summed E-state index contributed by atoms with van der Waals surface area (Å²) in [5.41, 5.74) is 7.15. The lowest BCUT2D eigenvalue weighted by Crippen LogP contribution is -2.32. The van der Waals surface area contributed by atoms with Gasteiger partial charge in [0.15, 0.2) is 0 Å². The zero-order chi connectivity index (χ0) is 14.4. The van der Waals surface area contributed by atoms with Crippen molar-refractivity contribution >= 4 is 5.91 Å². The van der Waals surface area contributed by atoms with Crippen molar-refractivity contribution in [3.63, 3.8) is 0 Å². The Morgan fingerprint density at radius 1 is 1.45 bits per heavy atom. The van der Waals surface area contributed by atoms with E-state index in [0.717, 1.165) is 12.0 Å². The van der Waals surface area contributed by atoms with Crippen LogP contribution in [0.3, 0.4) is 0 Å². The minimum atomic E-state index is -0.0337. The standard InChI is InChI=1S/C15H19N3O2/c1-12-14(5-9-20-12)15(19)18(8-3-6-16)11-13-4-2-7-17-10-13/h2,4-5,7,9-10H,3,6,8,11,16H2,1H3. The third kappa shape index (κ3) is 3.45. The molecule has 2 rings (SSSR count). The fraction of sp³-hybridized carbons (Fsp3) is 0.333. The van der Waals surface area contributed by atoms with Gasteiger partial charge in [-0.15, -0.1) is 0 Å². The van der Waals surface area contributed by atoms with E-state index < -0.39 is 0 Å². The van der Waals surface area contributed by atoms with E-state index in [0.29, 0.717) is 31.0 Å². The largest absolute Gasteiger partial charge is 0.469 e. The highest BCUT2D eigenvalue weighted by molar-refractivity contribution is 5.95. The van der Waals surface area contributed by atoms with Gasteiger partial charge >= 0.3 is 0 Å². The maximum Gasteiger partial charge on any atom is 0.257 e. The predicted molar refractivity (Wildman–Crippen MR) is 76.1 cm³/mol. The van der Waals surface area contributed by atoms with Crippen LogP contribution in [-0.2, 0) is 6.54 Å². The number of furan rings is 1. The van der Waals surface area contributed by atoms with E-state index in [1.165, 1.54) is 6.26 Å². The Balaban J connectivity index is 2.15. The second kappa shape index (κ2) is 6.86. The number of nitrogens with zero attached hydrogens (tertiary/aromatic N) is 2. The highest BCUT2D eigenvalue weighted by atomic mass is 16.3. The zero-order valence-electron chi connectivity index (χ0n) is 11.6. The van der Waals surface area contributed by atoms with E-state index in [4.69, 9.17) is 10.2 Å². The first-order chi connectivity index (χ1) is 9.72. The molecule has 0 atom stereocenters. The normalized spacial score (nSPS) is 10.5. The summed E-state index contributed by atoms with van der Waals surface area (Å²) in [4.78, 5) is 18.4. The van der Waals surface area contributed by atoms with Crippen LogP contribution in [-0.4, -0.2) is 28.9 Å². The molecule has 0 unspecified atom stereocenters. The molecule has 0 aliphatic rings. The van der Waals surface area contributed by atoms with Gasteiger partial charge in [-0.3, -0.25) is 9.78 Å². The molecule has 0 fully saturated rings. The summed E-state index contributed by atoms with van der Waals surface area (Å²) >= 11 is 0. The van der Waals surface area contributed by atoms with Crippen LogP contribution in [0.4, 0.5) is 0 Å². The summed E-state index contributed by atoms with van der Waals surface area (Å²) in [5.74, 6) is 0.604. The van der Waals surface area contributed by atoms with Gasteiger partial charge in [0.2, 0.25) is 0 Å². The maximum atomic E-state index is 12.5. The van der Waals surface area contributed by atoms with E-state index in [1.807, 2.05) is 12.1 Å². The summed E-state index contributed by atoms with van der Waals surface area (Å²) in [6.07, 6.45) is 5.79. The van der Waals surface area contributed by atoms with Crippen LogP contribution in [0.2, 0.25) is 0 Å². The van der Waals surface area contributed by atoms with Crippen LogP contribution < -0.4 is 5.73 Å². The van der Waals surface area contributed by atoms with E-state index in [2.05, 4.69) is 4.98 Å². The summed E-state index contributed by atoms with van der Waals surface area (Å²) in [5, 5.41) is 0. The fourth-order valence-electron chi connectivity index (χ4n) is 2.02. The molecule has 2 heterocycles. The topological polar surface area (TPSA) is 72.4 Å². The minimum absolute atomic E-state index is 0.0337. The van der Waals surface area contributed by atoms with Gasteiger partial charge < -0.3 is 15.1 Å². The van der Waals surface area contributed by atoms with Gasteiger partial charge in [0, 0.05) is 25.5 Å². The van der Waals surface area contributed by atoms with Gasteiger partial charge in [-0.25, -0.2) is 0 Å². The second-order valence-electron chi connectivity index (χ2n) is 4.62. The second-order valence-corrected chi connectivity index (χ2v) is 4.62. The lowest BCUT2D eigenvalue weighted by atomic mass is 10.2. The molecule has 2 N–H and O–H groups in total. The number of aryl methyl sites for hydroxylation is 1. The molecule has 2 aromatic heterocycles. The van der Waals surface area contributed by atoms with Crippen molar-refractivity contribution in [1.82, 2.24) is 9.88 Å². The molecule has 0 saturated carbocycles. The van der Waals surface area contributed by atoms with Crippen LogP contribution in [0.5, 0.6) is 0 Å². The lowest BCUT2D eigenvalue weighted by Gasteiger charge is -2.22. The van der Waals surface area contributed by atoms with Crippen molar-refractivity contribution in [2.75, 3.05) is 13.1 Å². The van der Waals surface area contributed by atoms with Crippen LogP contribution in [0, 0.1) is 6.92 Å². The molecule has 20 heavy (non-hydrogen) atoms. The monoisotopic (exact) mass is 273 g/mol. The van der Waals surface area contributed by atoms with Crippen molar-refractivity contribution in [2.24, 2.45) is 5.73 Å². The van der Waals surface area contributed by atoms with E-state index in [9.17, 15) is 4.79 Å². The Morgan fingerprint density at radius 3 is 2.90 bits per heavy atom. The number of hydrogen-bond donors (Lipinski definition) is 1. The van der Waals surface area contributed by atoms with E-state index in [1.54, 1.807) is 30.3 Å². The summed E-state index contributed by atoms with van der Waals surface area (Å²) < 4.78 is 5.21. The highest BCUT2D eigenvalue weighted by Gasteiger charge is 2.19. The maximum absolute atomic E-state index is 12.5. The van der Waals surface area contributed by atoms with E-state index >= 15 is 0 Å². The van der Waals surface area contributed by atoms with Gasteiger partial charge in [-0.1, -0.05) is 6.07 Å². The zero-order valence-corrected chi connectivity index (χ0v) is 11.6. The van der Waals surface area contributed by atoms with Crippen LogP contribution in [0.1, 0.15) is 28.1 Å². The van der Waals surface area contributed by atoms with Crippen LogP contribution >= 0.6 is 0 Å². The third-order valence-corrected chi connectivity index (χ3v) is 3.10. The number of carbonyl (C=O) groups excluding carboxylic acids is 1. The Kier molecular flexibility index (Phi) is 4.90. The van der Waals surface area contributed by atoms with Crippen molar-refractivity contribution in [3.05, 3.63) is 53.7 Å². The molecule has 106 valence electrons. The van der Waals surface area contributed by atoms with Crippen LogP contribution in [0.25, 0.3) is 0 Å². The number of rotatable bonds is 6. The molecule has 0 aliphatic carbocycles. The Hall–Kier alpha value is -2.14.